The Morgan fingerprint density at radius 3 is 1.44 bits per heavy atom. The van der Waals surface area contributed by atoms with Crippen LogP contribution in [0.5, 0.6) is 0 Å². The van der Waals surface area contributed by atoms with Crippen molar-refractivity contribution in [2.24, 2.45) is 0 Å². The van der Waals surface area contributed by atoms with Crippen LogP contribution in [0.2, 0.25) is 0 Å². The second-order valence-electron chi connectivity index (χ2n) is 25.3. The smallest absolute Gasteiger partial charge is 0.268 e. The van der Waals surface area contributed by atoms with E-state index in [2.05, 4.69) is 159 Å². The Morgan fingerprint density at radius 1 is 0.436 bits per heavy atom. The largest absolute Gasteiger partial charge is 0.328 e. The molecule has 6 heterocycles. The van der Waals surface area contributed by atoms with Crippen LogP contribution < -0.4 is 9.47 Å². The minimum atomic E-state index is -0.595. The molecule has 456 valence electrons. The van der Waals surface area contributed by atoms with Crippen LogP contribution in [0.4, 0.5) is 17.3 Å². The SMILES string of the molecule is [2H]c1c([2H])c([2H])c(-c2cccc(-c3c([2H])c([2H])c([2H])c([2H])c3[2H])c2-[n+]2[c-]n(-c3[c-]c(N(c4[c-]c5c(cc4)c4ccccc4n5-c4cc(C(C)(C)C)ccn4)c4nc(-n5c6ccccc6c6ccccc65)nc(-n5c6ccccc6c6ccccc65)n4)cc(C(C)(C)C)c3)c3ccccc32)c([2H])c1[2H].[Pt]. The molecule has 0 saturated heterocycles. The zero-order chi connectivity index (χ0) is 71.4. The van der Waals surface area contributed by atoms with Crippen molar-refractivity contribution in [1.29, 1.82) is 0 Å². The number of para-hydroxylation sites is 8. The van der Waals surface area contributed by atoms with Crippen LogP contribution in [0.3, 0.4) is 0 Å². The van der Waals surface area contributed by atoms with Gasteiger partial charge in [-0.3, -0.25) is 13.7 Å². The monoisotopic (exact) mass is 1400 g/mol. The molecule has 0 amide bonds. The maximum Gasteiger partial charge on any atom is 0.268 e. The zero-order valence-electron chi connectivity index (χ0n) is 61.9. The molecule has 17 rings (SSSR count). The fourth-order valence-electron chi connectivity index (χ4n) is 13.1. The van der Waals surface area contributed by atoms with Gasteiger partial charge in [-0.25, -0.2) is 4.98 Å². The van der Waals surface area contributed by atoms with Crippen molar-refractivity contribution in [3.8, 4) is 51.3 Å². The summed E-state index contributed by atoms with van der Waals surface area (Å²) in [5.74, 6) is 1.56. The predicted octanol–water partition coefficient (Wildman–Crippen LogP) is 19.6. The molecule has 11 aromatic carbocycles. The van der Waals surface area contributed by atoms with Crippen LogP contribution in [0, 0.1) is 18.5 Å². The molecule has 0 aliphatic heterocycles. The summed E-state index contributed by atoms with van der Waals surface area (Å²) in [6.45, 7) is 12.9. The Bertz CT molecular complexity index is 6080. The molecule has 0 aliphatic rings. The number of benzene rings is 11. The summed E-state index contributed by atoms with van der Waals surface area (Å²) >= 11 is 0. The number of hydrogen-bond acceptors (Lipinski definition) is 5. The first kappa shape index (κ1) is 47.8. The van der Waals surface area contributed by atoms with Gasteiger partial charge in [0, 0.05) is 54.3 Å². The Kier molecular flexibility index (Phi) is 11.5. The van der Waals surface area contributed by atoms with Crippen molar-refractivity contribution in [1.82, 2.24) is 38.2 Å². The second kappa shape index (κ2) is 22.7. The molecule has 0 fully saturated rings. The minimum absolute atomic E-state index is 0. The maximum absolute atomic E-state index is 9.40. The zero-order valence-corrected chi connectivity index (χ0v) is 54.2. The maximum atomic E-state index is 9.40. The van der Waals surface area contributed by atoms with Gasteiger partial charge in [-0.15, -0.1) is 23.6 Å². The Morgan fingerprint density at radius 2 is 0.915 bits per heavy atom. The van der Waals surface area contributed by atoms with E-state index in [1.807, 2.05) is 113 Å². The summed E-state index contributed by atoms with van der Waals surface area (Å²) in [5.41, 5.74) is 8.81. The quantitative estimate of drug-likeness (QED) is 0.101. The summed E-state index contributed by atoms with van der Waals surface area (Å²) in [5, 5.41) is 5.94. The van der Waals surface area contributed by atoms with Gasteiger partial charge in [0.1, 0.15) is 5.82 Å². The predicted molar refractivity (Wildman–Crippen MR) is 378 cm³/mol. The molecular weight excluding hydrogens is 1330 g/mol. The van der Waals surface area contributed by atoms with Crippen molar-refractivity contribution < 1.29 is 39.3 Å². The van der Waals surface area contributed by atoms with Gasteiger partial charge in [0.2, 0.25) is 17.8 Å². The van der Waals surface area contributed by atoms with E-state index in [-0.39, 0.29) is 60.4 Å². The first-order valence-electron chi connectivity index (χ1n) is 35.8. The van der Waals surface area contributed by atoms with Crippen LogP contribution in [-0.4, -0.2) is 38.2 Å². The fraction of sp³-hybridized carbons (Fsp3) is 0.0964. The summed E-state index contributed by atoms with van der Waals surface area (Å²) in [6, 6.07) is 68.3. The topological polar surface area (TPSA) is 78.4 Å². The Balaban J connectivity index is 0.00000833. The van der Waals surface area contributed by atoms with Gasteiger partial charge in [0.15, 0.2) is 0 Å². The molecule has 0 radical (unpaired) electrons. The summed E-state index contributed by atoms with van der Waals surface area (Å²) in [4.78, 5) is 24.0. The number of anilines is 3. The van der Waals surface area contributed by atoms with Crippen LogP contribution in [0.1, 0.15) is 66.4 Å². The number of rotatable bonds is 10. The number of imidazole rings is 1. The van der Waals surface area contributed by atoms with E-state index in [9.17, 15) is 5.48 Å². The third-order valence-corrected chi connectivity index (χ3v) is 17.6. The van der Waals surface area contributed by atoms with Gasteiger partial charge in [-0.05, 0) is 92.2 Å². The van der Waals surface area contributed by atoms with Crippen molar-refractivity contribution >= 4 is 93.8 Å². The summed E-state index contributed by atoms with van der Waals surface area (Å²) < 4.78 is 100. The van der Waals surface area contributed by atoms with E-state index >= 15 is 0 Å². The van der Waals surface area contributed by atoms with Gasteiger partial charge in [0.25, 0.3) is 6.33 Å². The molecule has 11 heteroatoms. The molecule has 0 saturated carbocycles. The molecule has 0 spiro atoms. The van der Waals surface area contributed by atoms with Crippen LogP contribution in [0.25, 0.3) is 128 Å². The number of aromatic nitrogens is 9. The molecule has 0 unspecified atom stereocenters. The Labute approximate surface area is 573 Å². The molecule has 0 bridgehead atoms. The first-order chi connectivity index (χ1) is 49.5. The molecule has 0 aliphatic carbocycles. The van der Waals surface area contributed by atoms with E-state index in [1.54, 1.807) is 22.8 Å². The minimum Gasteiger partial charge on any atom is -0.328 e. The normalized spacial score (nSPS) is 13.6. The van der Waals surface area contributed by atoms with Crippen molar-refractivity contribution in [2.45, 2.75) is 52.4 Å². The number of fused-ring (bicyclic) bond motifs is 10. The Hall–Kier alpha value is -11.1. The van der Waals surface area contributed by atoms with Gasteiger partial charge in [0.05, 0.1) is 52.5 Å². The molecule has 94 heavy (non-hydrogen) atoms. The van der Waals surface area contributed by atoms with Crippen molar-refractivity contribution in [3.63, 3.8) is 0 Å². The first-order valence-corrected chi connectivity index (χ1v) is 30.8. The molecule has 6 aromatic heterocycles. The molecule has 0 N–H and O–H groups in total. The van der Waals surface area contributed by atoms with E-state index in [0.717, 1.165) is 76.5 Å². The third kappa shape index (κ3) is 9.61. The second-order valence-corrected chi connectivity index (χ2v) is 25.3. The summed E-state index contributed by atoms with van der Waals surface area (Å²) in [6.07, 6.45) is 5.50. The van der Waals surface area contributed by atoms with E-state index in [4.69, 9.17) is 28.2 Å². The molecular formula is C83H62N10Pt-2. The van der Waals surface area contributed by atoms with Crippen molar-refractivity contribution in [3.05, 3.63) is 296 Å². The summed E-state index contributed by atoms with van der Waals surface area (Å²) in [7, 11) is 0. The number of nitrogens with zero attached hydrogens (tertiary/aromatic N) is 10. The average Bonchev–Trinajstić information content (AvgIpc) is 1.57. The number of pyridine rings is 1. The molecule has 0 atom stereocenters. The average molecular weight is 1400 g/mol. The van der Waals surface area contributed by atoms with Gasteiger partial charge in [-0.2, -0.15) is 38.7 Å². The molecule has 17 aromatic rings. The van der Waals surface area contributed by atoms with Gasteiger partial charge >= 0.3 is 0 Å². The fourth-order valence-corrected chi connectivity index (χ4v) is 13.1. The van der Waals surface area contributed by atoms with Crippen molar-refractivity contribution in [2.75, 3.05) is 4.90 Å². The number of hydrogen-bond donors (Lipinski definition) is 0. The van der Waals surface area contributed by atoms with E-state index in [0.29, 0.717) is 45.8 Å². The van der Waals surface area contributed by atoms with Crippen LogP contribution in [0.15, 0.2) is 267 Å². The molecule has 10 nitrogen and oxygen atoms in total. The van der Waals surface area contributed by atoms with Gasteiger partial charge < -0.3 is 14.0 Å². The standard InChI is InChI=1S/C83H62N10.Pt/c1-82(2,3)56-46-47-84-77(50-56)91-69-37-18-13-34-67(69)68-45-44-58(52-76(68)91)90(79-85-80(92-70-38-19-14-30-63(70)64-31-15-20-39-71(64)92)87-81(86-79)93-72-40-21-16-32-65(72)66-33-17-22-41-73(66)93)60-49-57(83(4,5)6)48-59(51-60)88-53-89(75-43-24-23-42-74(75)88)78-61(54-26-9-7-10-27-54)35-25-36-62(78)55-28-11-8-12-29-55;/h7-50H,1-6H3;/q-2;/i7D,8D,9D,10D,11D,12D,26D,27D,28D,29D;. The van der Waals surface area contributed by atoms with E-state index < -0.39 is 65.8 Å². The van der Waals surface area contributed by atoms with Crippen LogP contribution in [-0.2, 0) is 31.9 Å². The van der Waals surface area contributed by atoms with Crippen LogP contribution >= 0.6 is 0 Å². The third-order valence-electron chi connectivity index (χ3n) is 17.6. The van der Waals surface area contributed by atoms with E-state index in [1.165, 1.54) is 0 Å². The van der Waals surface area contributed by atoms with Gasteiger partial charge in [-0.1, -0.05) is 252 Å².